The highest BCUT2D eigenvalue weighted by Gasteiger charge is 1.75. The second kappa shape index (κ2) is 11.7. The highest BCUT2D eigenvalue weighted by molar-refractivity contribution is 5.85. The lowest BCUT2D eigenvalue weighted by Gasteiger charge is -1.94. The van der Waals surface area contributed by atoms with Crippen molar-refractivity contribution in [1.29, 1.82) is 0 Å². The molecule has 0 amide bonds. The summed E-state index contributed by atoms with van der Waals surface area (Å²) >= 11 is 0. The maximum absolute atomic E-state index is 3.28. The Morgan fingerprint density at radius 2 is 1.90 bits per heavy atom. The summed E-state index contributed by atoms with van der Waals surface area (Å²) in [6.45, 7) is 6.49. The first-order valence-electron chi connectivity index (χ1n) is 3.77. The van der Waals surface area contributed by atoms with E-state index in [-0.39, 0.29) is 12.4 Å². The van der Waals surface area contributed by atoms with E-state index in [9.17, 15) is 0 Å². The molecule has 0 bridgehead atoms. The Labute approximate surface area is 70.3 Å². The van der Waals surface area contributed by atoms with E-state index in [2.05, 4.69) is 31.3 Å². The van der Waals surface area contributed by atoms with Crippen molar-refractivity contribution in [3.05, 3.63) is 12.2 Å². The zero-order chi connectivity index (χ0) is 6.95. The van der Waals surface area contributed by atoms with Crippen molar-refractivity contribution in [3.63, 3.8) is 0 Å². The van der Waals surface area contributed by atoms with Gasteiger partial charge in [-0.05, 0) is 19.4 Å². The predicted octanol–water partition coefficient (Wildman–Crippen LogP) is 2.37. The third-order valence-corrected chi connectivity index (χ3v) is 1.09. The smallest absolute Gasteiger partial charge is 0.0134 e. The van der Waals surface area contributed by atoms with Gasteiger partial charge in [0.15, 0.2) is 0 Å². The van der Waals surface area contributed by atoms with E-state index < -0.39 is 0 Å². The molecular weight excluding hydrogens is 146 g/mol. The maximum atomic E-state index is 3.28. The fraction of sp³-hybridized carbons (Fsp3) is 0.750. The summed E-state index contributed by atoms with van der Waals surface area (Å²) in [5, 5.41) is 3.28. The highest BCUT2D eigenvalue weighted by Crippen LogP contribution is 1.77. The number of rotatable bonds is 5. The Bertz CT molecular complexity index is 71.7. The largest absolute Gasteiger partial charge is 0.313 e. The van der Waals surface area contributed by atoms with Crippen molar-refractivity contribution in [1.82, 2.24) is 5.32 Å². The molecule has 1 nitrogen and oxygen atoms in total. The number of nitrogens with one attached hydrogen (secondary N) is 1. The van der Waals surface area contributed by atoms with E-state index in [0.29, 0.717) is 0 Å². The summed E-state index contributed by atoms with van der Waals surface area (Å²) in [6, 6.07) is 0. The molecule has 62 valence electrons. The normalized spacial score (nSPS) is 9.80. The van der Waals surface area contributed by atoms with E-state index in [4.69, 9.17) is 0 Å². The van der Waals surface area contributed by atoms with Gasteiger partial charge >= 0.3 is 0 Å². The van der Waals surface area contributed by atoms with E-state index in [0.717, 1.165) is 19.5 Å². The first-order chi connectivity index (χ1) is 4.41. The van der Waals surface area contributed by atoms with Gasteiger partial charge in [-0.3, -0.25) is 0 Å². The van der Waals surface area contributed by atoms with Crippen LogP contribution < -0.4 is 5.32 Å². The fourth-order valence-corrected chi connectivity index (χ4v) is 0.612. The molecule has 0 radical (unpaired) electrons. The van der Waals surface area contributed by atoms with Gasteiger partial charge in [-0.25, -0.2) is 0 Å². The molecule has 0 heterocycles. The van der Waals surface area contributed by atoms with Crippen LogP contribution in [0.4, 0.5) is 0 Å². The standard InChI is InChI=1S/C8H17N.ClH/c1-3-5-6-8-9-7-4-2;/h5-6,9H,3-4,7-8H2,1-2H3;1H. The van der Waals surface area contributed by atoms with Crippen LogP contribution in [0.1, 0.15) is 26.7 Å². The summed E-state index contributed by atoms with van der Waals surface area (Å²) in [5.41, 5.74) is 0. The quantitative estimate of drug-likeness (QED) is 0.485. The second-order valence-electron chi connectivity index (χ2n) is 2.08. The zero-order valence-electron chi connectivity index (χ0n) is 6.89. The maximum Gasteiger partial charge on any atom is 0.0134 e. The molecule has 0 aliphatic carbocycles. The molecule has 10 heavy (non-hydrogen) atoms. The van der Waals surface area contributed by atoms with Crippen LogP contribution in [-0.2, 0) is 0 Å². The lowest BCUT2D eigenvalue weighted by molar-refractivity contribution is 0.728. The highest BCUT2D eigenvalue weighted by atomic mass is 35.5. The first-order valence-corrected chi connectivity index (χ1v) is 3.77. The molecule has 0 fully saturated rings. The van der Waals surface area contributed by atoms with Crippen LogP contribution in [0.3, 0.4) is 0 Å². The number of hydrogen-bond donors (Lipinski definition) is 1. The van der Waals surface area contributed by atoms with Crippen molar-refractivity contribution in [3.8, 4) is 0 Å². The Morgan fingerprint density at radius 1 is 1.20 bits per heavy atom. The summed E-state index contributed by atoms with van der Waals surface area (Å²) in [5.74, 6) is 0. The summed E-state index contributed by atoms with van der Waals surface area (Å²) < 4.78 is 0. The lowest BCUT2D eigenvalue weighted by Crippen LogP contribution is -2.13. The molecule has 0 aromatic carbocycles. The molecule has 0 atom stereocenters. The lowest BCUT2D eigenvalue weighted by atomic mass is 10.4. The topological polar surface area (TPSA) is 12.0 Å². The van der Waals surface area contributed by atoms with Crippen molar-refractivity contribution in [2.75, 3.05) is 13.1 Å². The molecule has 0 spiro atoms. The Morgan fingerprint density at radius 3 is 2.40 bits per heavy atom. The van der Waals surface area contributed by atoms with Gasteiger partial charge in [-0.1, -0.05) is 26.0 Å². The van der Waals surface area contributed by atoms with Gasteiger partial charge in [0.25, 0.3) is 0 Å². The molecule has 2 heteroatoms. The predicted molar refractivity (Wildman–Crippen MR) is 49.8 cm³/mol. The van der Waals surface area contributed by atoms with Crippen LogP contribution >= 0.6 is 12.4 Å². The third kappa shape index (κ3) is 10.9. The first kappa shape index (κ1) is 12.6. The van der Waals surface area contributed by atoms with Gasteiger partial charge in [-0.2, -0.15) is 0 Å². The van der Waals surface area contributed by atoms with Gasteiger partial charge in [0.2, 0.25) is 0 Å². The molecule has 0 aliphatic heterocycles. The van der Waals surface area contributed by atoms with Crippen LogP contribution in [0.15, 0.2) is 12.2 Å². The van der Waals surface area contributed by atoms with E-state index in [1.807, 2.05) is 0 Å². The number of hydrogen-bond acceptors (Lipinski definition) is 1. The van der Waals surface area contributed by atoms with E-state index in [1.54, 1.807) is 0 Å². The van der Waals surface area contributed by atoms with Gasteiger partial charge in [0, 0.05) is 6.54 Å². The molecule has 0 aromatic rings. The Kier molecular flexibility index (Phi) is 14.9. The van der Waals surface area contributed by atoms with Crippen molar-refractivity contribution in [2.24, 2.45) is 0 Å². The second-order valence-corrected chi connectivity index (χ2v) is 2.08. The minimum absolute atomic E-state index is 0. The molecule has 0 aliphatic rings. The monoisotopic (exact) mass is 163 g/mol. The fourth-order valence-electron chi connectivity index (χ4n) is 0.612. The minimum Gasteiger partial charge on any atom is -0.313 e. The van der Waals surface area contributed by atoms with Crippen LogP contribution in [0.2, 0.25) is 0 Å². The summed E-state index contributed by atoms with van der Waals surface area (Å²) in [7, 11) is 0. The van der Waals surface area contributed by atoms with Gasteiger partial charge < -0.3 is 5.32 Å². The van der Waals surface area contributed by atoms with Crippen molar-refractivity contribution < 1.29 is 0 Å². The van der Waals surface area contributed by atoms with E-state index >= 15 is 0 Å². The van der Waals surface area contributed by atoms with Crippen molar-refractivity contribution >= 4 is 12.4 Å². The SMILES string of the molecule is CCC=CCNCCC.Cl. The molecule has 0 rings (SSSR count). The average molecular weight is 164 g/mol. The summed E-state index contributed by atoms with van der Waals surface area (Å²) in [4.78, 5) is 0. The third-order valence-electron chi connectivity index (χ3n) is 1.09. The van der Waals surface area contributed by atoms with Crippen LogP contribution in [0, 0.1) is 0 Å². The van der Waals surface area contributed by atoms with Crippen molar-refractivity contribution in [2.45, 2.75) is 26.7 Å². The molecular formula is C8H18ClN. The van der Waals surface area contributed by atoms with Gasteiger partial charge in [0.1, 0.15) is 0 Å². The van der Waals surface area contributed by atoms with Crippen LogP contribution in [-0.4, -0.2) is 13.1 Å². The molecule has 0 aromatic heterocycles. The molecule has 0 unspecified atom stereocenters. The summed E-state index contributed by atoms with van der Waals surface area (Å²) in [6.07, 6.45) is 6.73. The molecule has 0 saturated heterocycles. The minimum atomic E-state index is 0. The Balaban J connectivity index is 0. The van der Waals surface area contributed by atoms with Gasteiger partial charge in [-0.15, -0.1) is 12.4 Å². The Hall–Kier alpha value is -0.0100. The molecule has 1 N–H and O–H groups in total. The molecule has 0 saturated carbocycles. The van der Waals surface area contributed by atoms with Gasteiger partial charge in [0.05, 0.1) is 0 Å². The average Bonchev–Trinajstić information content (AvgIpc) is 1.89. The van der Waals surface area contributed by atoms with E-state index in [1.165, 1.54) is 6.42 Å². The van der Waals surface area contributed by atoms with Crippen LogP contribution in [0.5, 0.6) is 0 Å². The number of halogens is 1. The zero-order valence-corrected chi connectivity index (χ0v) is 7.71. The van der Waals surface area contributed by atoms with Crippen LogP contribution in [0.25, 0.3) is 0 Å². The number of allylic oxidation sites excluding steroid dienone is 1.